The number of hydrogen-bond donors (Lipinski definition) is 1. The van der Waals surface area contributed by atoms with E-state index in [1.807, 2.05) is 36.3 Å². The van der Waals surface area contributed by atoms with Gasteiger partial charge in [-0.2, -0.15) is 5.10 Å². The topological polar surface area (TPSA) is 50.2 Å². The van der Waals surface area contributed by atoms with Crippen molar-refractivity contribution >= 4 is 23.1 Å². The van der Waals surface area contributed by atoms with E-state index in [2.05, 4.69) is 10.4 Å². The van der Waals surface area contributed by atoms with Gasteiger partial charge >= 0.3 is 0 Å². The number of carbonyl (C=O) groups excluding carboxylic acids is 1. The summed E-state index contributed by atoms with van der Waals surface area (Å²) in [5.41, 5.74) is 1.50. The first kappa shape index (κ1) is 18.4. The second-order valence-electron chi connectivity index (χ2n) is 7.58. The van der Waals surface area contributed by atoms with Crippen LogP contribution in [0.2, 0.25) is 0 Å². The molecule has 4 rings (SSSR count). The Kier molecular flexibility index (Phi) is 4.92. The lowest BCUT2D eigenvalue weighted by molar-refractivity contribution is 0.0539. The van der Waals surface area contributed by atoms with Crippen molar-refractivity contribution in [2.24, 2.45) is 5.92 Å². The Labute approximate surface area is 161 Å². The number of aryl methyl sites for hydroxylation is 2. The first-order valence-corrected chi connectivity index (χ1v) is 10.3. The summed E-state index contributed by atoms with van der Waals surface area (Å²) in [5.74, 6) is 1.04. The van der Waals surface area contributed by atoms with E-state index in [-0.39, 0.29) is 17.9 Å². The third-order valence-electron chi connectivity index (χ3n) is 5.66. The van der Waals surface area contributed by atoms with Gasteiger partial charge in [-0.15, -0.1) is 11.3 Å². The number of anilines is 1. The third kappa shape index (κ3) is 3.59. The molecule has 0 bridgehead atoms. The quantitative estimate of drug-likeness (QED) is 0.853. The maximum absolute atomic E-state index is 13.6. The van der Waals surface area contributed by atoms with Crippen LogP contribution in [0, 0.1) is 19.8 Å². The highest BCUT2D eigenvalue weighted by Crippen LogP contribution is 2.37. The number of piperidine rings is 1. The van der Waals surface area contributed by atoms with E-state index in [0.29, 0.717) is 25.3 Å². The van der Waals surface area contributed by atoms with Gasteiger partial charge in [-0.3, -0.25) is 4.79 Å². The third-order valence-corrected chi connectivity index (χ3v) is 6.53. The van der Waals surface area contributed by atoms with Crippen LogP contribution in [0.15, 0.2) is 17.5 Å². The van der Waals surface area contributed by atoms with Crippen molar-refractivity contribution in [1.29, 1.82) is 0 Å². The molecule has 5 nitrogen and oxygen atoms in total. The molecule has 0 unspecified atom stereocenters. The molecule has 0 aliphatic carbocycles. The van der Waals surface area contributed by atoms with Crippen LogP contribution in [0.5, 0.6) is 0 Å². The molecule has 2 aliphatic heterocycles. The number of carbonyl (C=O) groups is 1. The van der Waals surface area contributed by atoms with Crippen LogP contribution in [0.1, 0.15) is 46.2 Å². The van der Waals surface area contributed by atoms with Crippen molar-refractivity contribution in [1.82, 2.24) is 14.7 Å². The van der Waals surface area contributed by atoms with Crippen LogP contribution in [-0.4, -0.2) is 46.1 Å². The van der Waals surface area contributed by atoms with E-state index in [4.69, 9.17) is 0 Å². The zero-order valence-corrected chi connectivity index (χ0v) is 16.3. The van der Waals surface area contributed by atoms with Gasteiger partial charge in [0.15, 0.2) is 0 Å². The molecule has 0 spiro atoms. The fourth-order valence-electron chi connectivity index (χ4n) is 4.25. The summed E-state index contributed by atoms with van der Waals surface area (Å²) in [7, 11) is 0. The molecule has 2 aromatic heterocycles. The Morgan fingerprint density at radius 1 is 1.30 bits per heavy atom. The average molecular weight is 394 g/mol. The lowest BCUT2D eigenvalue weighted by Crippen LogP contribution is -2.46. The molecule has 2 atom stereocenters. The number of nitrogens with one attached hydrogen (secondary N) is 1. The van der Waals surface area contributed by atoms with Crippen LogP contribution in [-0.2, 0) is 0 Å². The fourth-order valence-corrected chi connectivity index (χ4v) is 4.93. The van der Waals surface area contributed by atoms with E-state index in [0.717, 1.165) is 29.0 Å². The molecule has 8 heteroatoms. The Hall–Kier alpha value is -1.96. The summed E-state index contributed by atoms with van der Waals surface area (Å²) < 4.78 is 28.6. The lowest BCUT2D eigenvalue weighted by Gasteiger charge is -2.40. The monoisotopic (exact) mass is 394 g/mol. The number of amides is 1. The first-order valence-electron chi connectivity index (χ1n) is 9.37. The minimum Gasteiger partial charge on any atom is -0.367 e. The number of likely N-dealkylation sites (tertiary alicyclic amines) is 1. The number of nitrogens with zero attached hydrogens (tertiary/aromatic N) is 3. The zero-order valence-electron chi connectivity index (χ0n) is 15.5. The lowest BCUT2D eigenvalue weighted by atomic mass is 9.85. The summed E-state index contributed by atoms with van der Waals surface area (Å²) in [4.78, 5) is 15.6. The zero-order chi connectivity index (χ0) is 19.1. The normalized spacial score (nSPS) is 23.4. The SMILES string of the molecule is Cc1cc2n(n1)[C@@H](C(F)F)C[C@@H](C1CCN(C(=O)c3csc(C)c3)CC1)N2. The van der Waals surface area contributed by atoms with Crippen LogP contribution in [0.3, 0.4) is 0 Å². The average Bonchev–Trinajstić information content (AvgIpc) is 3.24. The maximum atomic E-state index is 13.6. The molecule has 0 radical (unpaired) electrons. The molecule has 2 aliphatic rings. The second kappa shape index (κ2) is 7.22. The van der Waals surface area contributed by atoms with E-state index >= 15 is 0 Å². The van der Waals surface area contributed by atoms with Crippen LogP contribution in [0.25, 0.3) is 0 Å². The van der Waals surface area contributed by atoms with Gasteiger partial charge in [-0.1, -0.05) is 0 Å². The predicted octanol–water partition coefficient (Wildman–Crippen LogP) is 4.10. The predicted molar refractivity (Wildman–Crippen MR) is 102 cm³/mol. The highest BCUT2D eigenvalue weighted by Gasteiger charge is 2.38. The van der Waals surface area contributed by atoms with E-state index < -0.39 is 12.5 Å². The number of aromatic nitrogens is 2. The van der Waals surface area contributed by atoms with Crippen molar-refractivity contribution in [3.63, 3.8) is 0 Å². The molecule has 1 saturated heterocycles. The Balaban J connectivity index is 1.42. The number of halogens is 2. The van der Waals surface area contributed by atoms with Gasteiger partial charge in [0, 0.05) is 35.5 Å². The Morgan fingerprint density at radius 2 is 2.04 bits per heavy atom. The van der Waals surface area contributed by atoms with E-state index in [1.54, 1.807) is 11.3 Å². The van der Waals surface area contributed by atoms with E-state index in [9.17, 15) is 13.6 Å². The number of thiophene rings is 1. The maximum Gasteiger partial charge on any atom is 0.260 e. The van der Waals surface area contributed by atoms with Gasteiger partial charge in [-0.05, 0) is 45.1 Å². The van der Waals surface area contributed by atoms with Gasteiger partial charge in [0.25, 0.3) is 12.3 Å². The second-order valence-corrected chi connectivity index (χ2v) is 8.69. The van der Waals surface area contributed by atoms with Crippen molar-refractivity contribution in [3.05, 3.63) is 33.6 Å². The van der Waals surface area contributed by atoms with Crippen LogP contribution in [0.4, 0.5) is 14.6 Å². The molecule has 1 N–H and O–H groups in total. The molecule has 146 valence electrons. The van der Waals surface area contributed by atoms with Gasteiger partial charge in [0.2, 0.25) is 0 Å². The fraction of sp³-hybridized carbons (Fsp3) is 0.579. The molecule has 1 amide bonds. The summed E-state index contributed by atoms with van der Waals surface area (Å²) >= 11 is 1.58. The summed E-state index contributed by atoms with van der Waals surface area (Å²) in [5, 5.41) is 9.55. The van der Waals surface area contributed by atoms with Crippen molar-refractivity contribution in [2.75, 3.05) is 18.4 Å². The smallest absolute Gasteiger partial charge is 0.260 e. The summed E-state index contributed by atoms with van der Waals surface area (Å²) in [6.45, 7) is 5.16. The van der Waals surface area contributed by atoms with E-state index in [1.165, 1.54) is 4.68 Å². The highest BCUT2D eigenvalue weighted by molar-refractivity contribution is 7.10. The standard InChI is InChI=1S/C19H24F2N4OS/c1-11-7-17-22-15(9-16(18(20)21)25(17)23-11)13-3-5-24(6-4-13)19(26)14-8-12(2)27-10-14/h7-8,10,13,15-16,18,22H,3-6,9H2,1-2H3/t15-,16+/m0/s1. The van der Waals surface area contributed by atoms with Gasteiger partial charge in [0.1, 0.15) is 11.9 Å². The molecule has 27 heavy (non-hydrogen) atoms. The molecule has 1 fully saturated rings. The number of alkyl halides is 2. The number of rotatable bonds is 3. The summed E-state index contributed by atoms with van der Waals surface area (Å²) in [6, 6.07) is 2.87. The summed E-state index contributed by atoms with van der Waals surface area (Å²) in [6.07, 6.45) is -0.407. The van der Waals surface area contributed by atoms with Crippen LogP contribution < -0.4 is 5.32 Å². The number of hydrogen-bond acceptors (Lipinski definition) is 4. The largest absolute Gasteiger partial charge is 0.367 e. The highest BCUT2D eigenvalue weighted by atomic mass is 32.1. The minimum atomic E-state index is -2.43. The minimum absolute atomic E-state index is 0.00626. The molecule has 0 saturated carbocycles. The molecular formula is C19H24F2N4OS. The molecule has 2 aromatic rings. The van der Waals surface area contributed by atoms with Crippen molar-refractivity contribution in [3.8, 4) is 0 Å². The first-order chi connectivity index (χ1) is 12.9. The Morgan fingerprint density at radius 3 is 2.67 bits per heavy atom. The molecule has 0 aromatic carbocycles. The van der Waals surface area contributed by atoms with Crippen molar-refractivity contribution < 1.29 is 13.6 Å². The Bertz CT molecular complexity index is 826. The van der Waals surface area contributed by atoms with Gasteiger partial charge in [-0.25, -0.2) is 13.5 Å². The van der Waals surface area contributed by atoms with Gasteiger partial charge < -0.3 is 10.2 Å². The van der Waals surface area contributed by atoms with Crippen molar-refractivity contribution in [2.45, 2.75) is 51.6 Å². The van der Waals surface area contributed by atoms with Crippen LogP contribution >= 0.6 is 11.3 Å². The molecule has 4 heterocycles. The molecular weight excluding hydrogens is 370 g/mol. The van der Waals surface area contributed by atoms with Gasteiger partial charge in [0.05, 0.1) is 11.3 Å². The number of fused-ring (bicyclic) bond motifs is 1.